The van der Waals surface area contributed by atoms with Crippen LogP contribution in [0.25, 0.3) is 0 Å². The van der Waals surface area contributed by atoms with Crippen LogP contribution in [0, 0.1) is 5.82 Å². The molecule has 4 rings (SSSR count). The molecule has 1 saturated carbocycles. The maximum absolute atomic E-state index is 14.9. The van der Waals surface area contributed by atoms with Gasteiger partial charge in [0.05, 0.1) is 17.1 Å². The first-order chi connectivity index (χ1) is 18.8. The van der Waals surface area contributed by atoms with E-state index in [4.69, 9.17) is 23.2 Å². The van der Waals surface area contributed by atoms with Crippen molar-refractivity contribution in [3.8, 4) is 0 Å². The molecule has 210 valence electrons. The van der Waals surface area contributed by atoms with Crippen molar-refractivity contribution in [3.05, 3.63) is 63.4 Å². The van der Waals surface area contributed by atoms with Crippen LogP contribution in [0.15, 0.2) is 36.4 Å². The summed E-state index contributed by atoms with van der Waals surface area (Å²) in [7, 11) is 0. The molecule has 1 saturated heterocycles. The van der Waals surface area contributed by atoms with Crippen molar-refractivity contribution >= 4 is 47.2 Å². The van der Waals surface area contributed by atoms with Crippen LogP contribution in [0.1, 0.15) is 56.1 Å². The SMILES string of the molecule is CC(c1cccc(Cl)c1F)[C@@H](NCc1ccc(Cl)cc1NC=O)C(=O)NC1CN(C(=O)NC2CCCCC2)C1. The van der Waals surface area contributed by atoms with Gasteiger partial charge in [-0.3, -0.25) is 9.59 Å². The highest BCUT2D eigenvalue weighted by Crippen LogP contribution is 2.28. The van der Waals surface area contributed by atoms with Gasteiger partial charge < -0.3 is 26.2 Å². The number of carbonyl (C=O) groups excluding carboxylic acids is 3. The monoisotopic (exact) mass is 577 g/mol. The first-order valence-corrected chi connectivity index (χ1v) is 14.0. The molecular formula is C28H34Cl2FN5O3. The van der Waals surface area contributed by atoms with Gasteiger partial charge in [0.2, 0.25) is 12.3 Å². The number of halogens is 3. The van der Waals surface area contributed by atoms with Crippen molar-refractivity contribution in [2.75, 3.05) is 18.4 Å². The lowest BCUT2D eigenvalue weighted by Gasteiger charge is -2.41. The summed E-state index contributed by atoms with van der Waals surface area (Å²) in [6.45, 7) is 2.77. The molecule has 11 heteroatoms. The second kappa shape index (κ2) is 13.5. The van der Waals surface area contributed by atoms with Gasteiger partial charge in [-0.05, 0) is 42.2 Å². The van der Waals surface area contributed by atoms with E-state index in [1.165, 1.54) is 12.5 Å². The van der Waals surface area contributed by atoms with Crippen LogP contribution in [0.3, 0.4) is 0 Å². The van der Waals surface area contributed by atoms with E-state index in [0.717, 1.165) is 25.7 Å². The highest BCUT2D eigenvalue weighted by molar-refractivity contribution is 6.31. The van der Waals surface area contributed by atoms with Gasteiger partial charge in [-0.1, -0.05) is 67.6 Å². The van der Waals surface area contributed by atoms with E-state index in [-0.39, 0.29) is 35.6 Å². The Balaban J connectivity index is 1.42. The first-order valence-electron chi connectivity index (χ1n) is 13.3. The molecule has 4 amide bonds. The van der Waals surface area contributed by atoms with Crippen LogP contribution in [0.4, 0.5) is 14.9 Å². The normalized spacial score (nSPS) is 17.6. The van der Waals surface area contributed by atoms with E-state index < -0.39 is 17.8 Å². The lowest BCUT2D eigenvalue weighted by molar-refractivity contribution is -0.125. The predicted molar refractivity (Wildman–Crippen MR) is 150 cm³/mol. The number of benzene rings is 2. The molecule has 2 aromatic carbocycles. The summed E-state index contributed by atoms with van der Waals surface area (Å²) in [5, 5.41) is 12.4. The molecule has 0 radical (unpaired) electrons. The third-order valence-corrected chi connectivity index (χ3v) is 8.03. The molecule has 0 spiro atoms. The fourth-order valence-corrected chi connectivity index (χ4v) is 5.56. The third-order valence-electron chi connectivity index (χ3n) is 7.50. The van der Waals surface area contributed by atoms with Crippen molar-refractivity contribution in [1.29, 1.82) is 0 Å². The number of hydrogen-bond donors (Lipinski definition) is 4. The van der Waals surface area contributed by atoms with Gasteiger partial charge in [0.1, 0.15) is 5.82 Å². The van der Waals surface area contributed by atoms with Gasteiger partial charge in [0.15, 0.2) is 0 Å². The lowest BCUT2D eigenvalue weighted by Crippen LogP contribution is -2.65. The molecule has 0 aromatic heterocycles. The van der Waals surface area contributed by atoms with Crippen LogP contribution >= 0.6 is 23.2 Å². The summed E-state index contributed by atoms with van der Waals surface area (Å²) in [5.41, 5.74) is 1.52. The highest BCUT2D eigenvalue weighted by atomic mass is 35.5. The van der Waals surface area contributed by atoms with Crippen molar-refractivity contribution < 1.29 is 18.8 Å². The minimum Gasteiger partial charge on any atom is -0.348 e. The first kappa shape index (κ1) is 29.1. The van der Waals surface area contributed by atoms with Crippen LogP contribution in [0.2, 0.25) is 10.0 Å². The number of hydrogen-bond acceptors (Lipinski definition) is 4. The van der Waals surface area contributed by atoms with E-state index in [1.54, 1.807) is 42.2 Å². The van der Waals surface area contributed by atoms with Crippen molar-refractivity contribution in [2.45, 2.75) is 69.6 Å². The van der Waals surface area contributed by atoms with E-state index >= 15 is 0 Å². The number of likely N-dealkylation sites (tertiary alicyclic amines) is 1. The van der Waals surface area contributed by atoms with E-state index in [1.807, 2.05) is 0 Å². The molecule has 8 nitrogen and oxygen atoms in total. The van der Waals surface area contributed by atoms with Gasteiger partial charge in [-0.15, -0.1) is 0 Å². The molecule has 2 atom stereocenters. The minimum atomic E-state index is -0.831. The van der Waals surface area contributed by atoms with Crippen LogP contribution in [-0.2, 0) is 16.1 Å². The van der Waals surface area contributed by atoms with Gasteiger partial charge in [0.25, 0.3) is 0 Å². The average molecular weight is 579 g/mol. The molecule has 1 aliphatic carbocycles. The Morgan fingerprint density at radius 2 is 1.82 bits per heavy atom. The average Bonchev–Trinajstić information content (AvgIpc) is 2.89. The zero-order valence-corrected chi connectivity index (χ0v) is 23.3. The maximum atomic E-state index is 14.9. The molecule has 1 heterocycles. The zero-order chi connectivity index (χ0) is 27.9. The number of rotatable bonds is 10. The van der Waals surface area contributed by atoms with Crippen molar-refractivity contribution in [2.24, 2.45) is 0 Å². The number of anilines is 1. The highest BCUT2D eigenvalue weighted by Gasteiger charge is 2.36. The summed E-state index contributed by atoms with van der Waals surface area (Å²) >= 11 is 12.1. The summed E-state index contributed by atoms with van der Waals surface area (Å²) < 4.78 is 14.9. The Bertz CT molecular complexity index is 1190. The van der Waals surface area contributed by atoms with Crippen LogP contribution < -0.4 is 21.3 Å². The summed E-state index contributed by atoms with van der Waals surface area (Å²) in [5.74, 6) is -1.47. The number of urea groups is 1. The summed E-state index contributed by atoms with van der Waals surface area (Å²) in [6, 6.07) is 8.83. The summed E-state index contributed by atoms with van der Waals surface area (Å²) in [6.07, 6.45) is 6.03. The fourth-order valence-electron chi connectivity index (χ4n) is 5.21. The van der Waals surface area contributed by atoms with E-state index in [0.29, 0.717) is 41.3 Å². The smallest absolute Gasteiger partial charge is 0.317 e. The van der Waals surface area contributed by atoms with Gasteiger partial charge in [-0.2, -0.15) is 0 Å². The quantitative estimate of drug-likeness (QED) is 0.304. The molecule has 4 N–H and O–H groups in total. The van der Waals surface area contributed by atoms with Crippen LogP contribution in [0.5, 0.6) is 0 Å². The van der Waals surface area contributed by atoms with E-state index in [9.17, 15) is 18.8 Å². The van der Waals surface area contributed by atoms with Gasteiger partial charge >= 0.3 is 6.03 Å². The fraction of sp³-hybridized carbons (Fsp3) is 0.464. The minimum absolute atomic E-state index is 0.0210. The van der Waals surface area contributed by atoms with E-state index in [2.05, 4.69) is 21.3 Å². The Hall–Kier alpha value is -2.88. The van der Waals surface area contributed by atoms with Gasteiger partial charge in [-0.25, -0.2) is 9.18 Å². The Labute approximate surface area is 238 Å². The molecule has 2 aliphatic rings. The van der Waals surface area contributed by atoms with Crippen molar-refractivity contribution in [3.63, 3.8) is 0 Å². The lowest BCUT2D eigenvalue weighted by atomic mass is 9.91. The molecule has 39 heavy (non-hydrogen) atoms. The predicted octanol–water partition coefficient (Wildman–Crippen LogP) is 4.81. The van der Waals surface area contributed by atoms with Gasteiger partial charge in [0, 0.05) is 42.3 Å². The molecule has 1 aliphatic heterocycles. The Kier molecular flexibility index (Phi) is 10.0. The zero-order valence-electron chi connectivity index (χ0n) is 21.8. The number of nitrogens with zero attached hydrogens (tertiary/aromatic N) is 1. The van der Waals surface area contributed by atoms with Crippen LogP contribution in [-0.4, -0.2) is 54.5 Å². The molecule has 2 fully saturated rings. The Morgan fingerprint density at radius 3 is 2.54 bits per heavy atom. The maximum Gasteiger partial charge on any atom is 0.317 e. The third kappa shape index (κ3) is 7.41. The Morgan fingerprint density at radius 1 is 1.08 bits per heavy atom. The standard InChI is InChI=1S/C28H34Cl2FN5O3/c1-17(22-8-5-9-23(30)25(22)31)26(32-13-18-10-11-19(29)12-24(18)33-16-37)27(38)34-21-14-36(15-21)28(39)35-20-6-3-2-4-7-20/h5,8-12,16-17,20-21,26,32H,2-4,6-7,13-15H2,1H3,(H,33,37)(H,34,38)(H,35,39)/t17?,26-/m1/s1. The molecule has 1 unspecified atom stereocenters. The number of carbonyl (C=O) groups is 3. The largest absolute Gasteiger partial charge is 0.348 e. The molecule has 2 aromatic rings. The summed E-state index contributed by atoms with van der Waals surface area (Å²) in [4.78, 5) is 38.8. The molecule has 0 bridgehead atoms. The second-order valence-electron chi connectivity index (χ2n) is 10.2. The number of nitrogens with one attached hydrogen (secondary N) is 4. The second-order valence-corrected chi connectivity index (χ2v) is 11.1. The van der Waals surface area contributed by atoms with Crippen molar-refractivity contribution in [1.82, 2.24) is 20.9 Å². The number of amides is 4. The molecular weight excluding hydrogens is 544 g/mol. The topological polar surface area (TPSA) is 103 Å².